The first-order chi connectivity index (χ1) is 9.25. The topological polar surface area (TPSA) is 21.3 Å². The summed E-state index contributed by atoms with van der Waals surface area (Å²) >= 11 is 3.42. The lowest BCUT2D eigenvalue weighted by Crippen LogP contribution is -2.31. The van der Waals surface area contributed by atoms with Crippen molar-refractivity contribution in [3.63, 3.8) is 0 Å². The number of ether oxygens (including phenoxy) is 1. The summed E-state index contributed by atoms with van der Waals surface area (Å²) in [5, 5.41) is 3.53. The molecule has 1 saturated carbocycles. The highest BCUT2D eigenvalue weighted by Crippen LogP contribution is 2.28. The Labute approximate surface area is 125 Å². The van der Waals surface area contributed by atoms with Crippen LogP contribution in [0.2, 0.25) is 0 Å². The quantitative estimate of drug-likeness (QED) is 0.790. The Morgan fingerprint density at radius 1 is 1.21 bits per heavy atom. The third-order valence-electron chi connectivity index (χ3n) is 4.06. The molecule has 0 saturated heterocycles. The molecule has 2 rings (SSSR count). The summed E-state index contributed by atoms with van der Waals surface area (Å²) in [6, 6.07) is 8.00. The minimum Gasteiger partial charge on any atom is -0.492 e. The second-order valence-corrected chi connectivity index (χ2v) is 6.44. The van der Waals surface area contributed by atoms with E-state index in [0.29, 0.717) is 0 Å². The van der Waals surface area contributed by atoms with Crippen molar-refractivity contribution in [2.24, 2.45) is 11.8 Å². The van der Waals surface area contributed by atoms with Crippen molar-refractivity contribution in [1.82, 2.24) is 5.32 Å². The standard InChI is InChI=1S/C16H24BrNO/c1-13-4-2-3-5-14(13)12-18-10-11-19-16-8-6-15(17)7-9-16/h6-9,13-14,18H,2-5,10-12H2,1H3. The maximum Gasteiger partial charge on any atom is 0.119 e. The molecule has 2 unspecified atom stereocenters. The maximum atomic E-state index is 5.69. The van der Waals surface area contributed by atoms with Gasteiger partial charge in [0.05, 0.1) is 0 Å². The molecule has 2 atom stereocenters. The van der Waals surface area contributed by atoms with Crippen LogP contribution < -0.4 is 10.1 Å². The van der Waals surface area contributed by atoms with Gasteiger partial charge >= 0.3 is 0 Å². The summed E-state index contributed by atoms with van der Waals surface area (Å²) < 4.78 is 6.78. The molecule has 0 radical (unpaired) electrons. The molecule has 0 heterocycles. The summed E-state index contributed by atoms with van der Waals surface area (Å²) in [4.78, 5) is 0. The van der Waals surface area contributed by atoms with Crippen molar-refractivity contribution >= 4 is 15.9 Å². The van der Waals surface area contributed by atoms with Crippen LogP contribution in [0.15, 0.2) is 28.7 Å². The molecule has 0 aliphatic heterocycles. The molecule has 0 bridgehead atoms. The monoisotopic (exact) mass is 325 g/mol. The molecule has 19 heavy (non-hydrogen) atoms. The molecular weight excluding hydrogens is 302 g/mol. The van der Waals surface area contributed by atoms with E-state index in [1.54, 1.807) is 0 Å². The Bertz CT molecular complexity index is 366. The van der Waals surface area contributed by atoms with E-state index in [1.165, 1.54) is 25.7 Å². The van der Waals surface area contributed by atoms with Gasteiger partial charge in [-0.1, -0.05) is 42.1 Å². The number of halogens is 1. The van der Waals surface area contributed by atoms with E-state index in [-0.39, 0.29) is 0 Å². The first kappa shape index (κ1) is 14.9. The molecule has 1 aliphatic carbocycles. The van der Waals surface area contributed by atoms with Crippen LogP contribution in [0.5, 0.6) is 5.75 Å². The molecule has 1 aliphatic rings. The molecule has 3 heteroatoms. The van der Waals surface area contributed by atoms with Crippen LogP contribution in [-0.2, 0) is 0 Å². The lowest BCUT2D eigenvalue weighted by atomic mass is 9.80. The summed E-state index contributed by atoms with van der Waals surface area (Å²) in [5.74, 6) is 2.69. The second-order valence-electron chi connectivity index (χ2n) is 5.53. The van der Waals surface area contributed by atoms with Gasteiger partial charge in [0.2, 0.25) is 0 Å². The number of nitrogens with one attached hydrogen (secondary N) is 1. The Morgan fingerprint density at radius 2 is 1.95 bits per heavy atom. The van der Waals surface area contributed by atoms with E-state index in [0.717, 1.165) is 41.8 Å². The van der Waals surface area contributed by atoms with Gasteiger partial charge in [0.15, 0.2) is 0 Å². The van der Waals surface area contributed by atoms with Crippen molar-refractivity contribution in [3.8, 4) is 5.75 Å². The number of hydrogen-bond donors (Lipinski definition) is 1. The summed E-state index contributed by atoms with van der Waals surface area (Å²) in [5.41, 5.74) is 0. The van der Waals surface area contributed by atoms with Gasteiger partial charge in [-0.25, -0.2) is 0 Å². The predicted molar refractivity (Wildman–Crippen MR) is 83.6 cm³/mol. The van der Waals surface area contributed by atoms with Crippen LogP contribution in [0, 0.1) is 11.8 Å². The van der Waals surface area contributed by atoms with E-state index in [1.807, 2.05) is 24.3 Å². The Kier molecular flexibility index (Phi) is 6.18. The van der Waals surface area contributed by atoms with Crippen molar-refractivity contribution in [2.75, 3.05) is 19.7 Å². The Hall–Kier alpha value is -0.540. The van der Waals surface area contributed by atoms with Gasteiger partial charge in [-0.3, -0.25) is 0 Å². The van der Waals surface area contributed by atoms with Crippen molar-refractivity contribution < 1.29 is 4.74 Å². The highest BCUT2D eigenvalue weighted by molar-refractivity contribution is 9.10. The highest BCUT2D eigenvalue weighted by Gasteiger charge is 2.20. The molecule has 2 nitrogen and oxygen atoms in total. The second kappa shape index (κ2) is 7.91. The highest BCUT2D eigenvalue weighted by atomic mass is 79.9. The molecular formula is C16H24BrNO. The van der Waals surface area contributed by atoms with Gasteiger partial charge in [0.25, 0.3) is 0 Å². The van der Waals surface area contributed by atoms with E-state index in [2.05, 4.69) is 28.2 Å². The van der Waals surface area contributed by atoms with E-state index in [4.69, 9.17) is 4.74 Å². The zero-order valence-electron chi connectivity index (χ0n) is 11.7. The largest absolute Gasteiger partial charge is 0.492 e. The fourth-order valence-electron chi connectivity index (χ4n) is 2.76. The minimum atomic E-state index is 0.739. The van der Waals surface area contributed by atoms with E-state index >= 15 is 0 Å². The minimum absolute atomic E-state index is 0.739. The molecule has 1 fully saturated rings. The molecule has 0 spiro atoms. The van der Waals surface area contributed by atoms with E-state index in [9.17, 15) is 0 Å². The van der Waals surface area contributed by atoms with Crippen LogP contribution >= 0.6 is 15.9 Å². The normalized spacial score (nSPS) is 23.3. The van der Waals surface area contributed by atoms with Crippen LogP contribution in [0.1, 0.15) is 32.6 Å². The SMILES string of the molecule is CC1CCCCC1CNCCOc1ccc(Br)cc1. The summed E-state index contributed by atoms with van der Waals surface area (Å²) in [6.07, 6.45) is 5.62. The predicted octanol–water partition coefficient (Wildman–Crippen LogP) is 4.24. The molecule has 0 amide bonds. The third kappa shape index (κ3) is 5.15. The molecule has 1 aromatic rings. The fraction of sp³-hybridized carbons (Fsp3) is 0.625. The third-order valence-corrected chi connectivity index (χ3v) is 4.59. The zero-order valence-corrected chi connectivity index (χ0v) is 13.3. The van der Waals surface area contributed by atoms with Crippen LogP contribution in [0.4, 0.5) is 0 Å². The Balaban J connectivity index is 1.58. The van der Waals surface area contributed by atoms with E-state index < -0.39 is 0 Å². The van der Waals surface area contributed by atoms with Gasteiger partial charge < -0.3 is 10.1 Å². The molecule has 1 aromatic carbocycles. The number of hydrogen-bond acceptors (Lipinski definition) is 2. The zero-order chi connectivity index (χ0) is 13.5. The average Bonchev–Trinajstić information content (AvgIpc) is 2.42. The van der Waals surface area contributed by atoms with Gasteiger partial charge in [-0.2, -0.15) is 0 Å². The maximum absolute atomic E-state index is 5.69. The first-order valence-electron chi connectivity index (χ1n) is 7.35. The molecule has 1 N–H and O–H groups in total. The van der Waals surface area contributed by atoms with Crippen molar-refractivity contribution in [2.45, 2.75) is 32.6 Å². The first-order valence-corrected chi connectivity index (χ1v) is 8.14. The van der Waals surface area contributed by atoms with Crippen LogP contribution in [0.25, 0.3) is 0 Å². The van der Waals surface area contributed by atoms with Crippen molar-refractivity contribution in [3.05, 3.63) is 28.7 Å². The fourth-order valence-corrected chi connectivity index (χ4v) is 3.02. The summed E-state index contributed by atoms with van der Waals surface area (Å²) in [6.45, 7) is 5.21. The van der Waals surface area contributed by atoms with Crippen molar-refractivity contribution in [1.29, 1.82) is 0 Å². The Morgan fingerprint density at radius 3 is 2.68 bits per heavy atom. The number of benzene rings is 1. The van der Waals surface area contributed by atoms with Crippen LogP contribution in [-0.4, -0.2) is 19.7 Å². The lowest BCUT2D eigenvalue weighted by molar-refractivity contribution is 0.239. The lowest BCUT2D eigenvalue weighted by Gasteiger charge is -2.28. The van der Waals surface area contributed by atoms with Gasteiger partial charge in [0.1, 0.15) is 12.4 Å². The smallest absolute Gasteiger partial charge is 0.119 e. The van der Waals surface area contributed by atoms with Gasteiger partial charge in [-0.15, -0.1) is 0 Å². The average molecular weight is 326 g/mol. The molecule has 106 valence electrons. The molecule has 0 aromatic heterocycles. The summed E-state index contributed by atoms with van der Waals surface area (Å²) in [7, 11) is 0. The number of rotatable bonds is 6. The van der Waals surface area contributed by atoms with Crippen LogP contribution in [0.3, 0.4) is 0 Å². The van der Waals surface area contributed by atoms with Gasteiger partial charge in [0, 0.05) is 11.0 Å². The van der Waals surface area contributed by atoms with Gasteiger partial charge in [-0.05, 0) is 49.1 Å².